The lowest BCUT2D eigenvalue weighted by Crippen LogP contribution is -2.95. The van der Waals surface area contributed by atoms with Gasteiger partial charge < -0.3 is 15.5 Å². The van der Waals surface area contributed by atoms with Crippen molar-refractivity contribution in [3.63, 3.8) is 0 Å². The first-order valence-electron chi connectivity index (χ1n) is 13.2. The van der Waals surface area contributed by atoms with Crippen LogP contribution in [0, 0.1) is 29.6 Å². The lowest BCUT2D eigenvalue weighted by Gasteiger charge is -2.40. The van der Waals surface area contributed by atoms with Crippen LogP contribution in [-0.2, 0) is 9.59 Å². The highest BCUT2D eigenvalue weighted by Gasteiger charge is 2.36. The molecule has 0 radical (unpaired) electrons. The maximum absolute atomic E-state index is 13.2. The molecule has 4 aliphatic rings. The normalized spacial score (nSPS) is 32.0. The smallest absolute Gasteiger partial charge is 0.223 e. The number of hydrogen-bond donors (Lipinski definition) is 2. The van der Waals surface area contributed by atoms with Gasteiger partial charge in [-0.25, -0.2) is 0 Å². The molecule has 4 atom stereocenters. The third-order valence-corrected chi connectivity index (χ3v) is 8.49. The Morgan fingerprint density at radius 1 is 1.12 bits per heavy atom. The monoisotopic (exact) mass is 445 g/mol. The molecule has 4 unspecified atom stereocenters. The number of hydrogen-bond acceptors (Lipinski definition) is 3. The molecule has 0 spiro atoms. The van der Waals surface area contributed by atoms with Gasteiger partial charge in [-0.1, -0.05) is 25.5 Å². The first-order chi connectivity index (χ1) is 15.4. The molecule has 1 saturated carbocycles. The fourth-order valence-electron chi connectivity index (χ4n) is 6.12. The van der Waals surface area contributed by atoms with Crippen molar-refractivity contribution in [3.05, 3.63) is 11.6 Å². The number of piperazine rings is 1. The number of carbonyl (C=O) groups is 2. The molecule has 2 heterocycles. The van der Waals surface area contributed by atoms with Gasteiger partial charge in [0.2, 0.25) is 11.8 Å². The van der Waals surface area contributed by atoms with Crippen molar-refractivity contribution in [1.29, 1.82) is 0 Å². The predicted octanol–water partition coefficient (Wildman–Crippen LogP) is 1.97. The van der Waals surface area contributed by atoms with Crippen LogP contribution in [-0.4, -0.2) is 67.0 Å². The van der Waals surface area contributed by atoms with E-state index in [9.17, 15) is 9.59 Å². The Morgan fingerprint density at radius 3 is 2.50 bits per heavy atom. The lowest BCUT2D eigenvalue weighted by atomic mass is 9.69. The Morgan fingerprint density at radius 2 is 1.88 bits per heavy atom. The minimum atomic E-state index is 0.237. The quantitative estimate of drug-likeness (QED) is 0.589. The van der Waals surface area contributed by atoms with Crippen molar-refractivity contribution in [3.8, 4) is 0 Å². The largest absolute Gasteiger partial charge is 0.355 e. The molecule has 180 valence electrons. The van der Waals surface area contributed by atoms with Gasteiger partial charge in [0, 0.05) is 51.5 Å². The summed E-state index contributed by atoms with van der Waals surface area (Å²) in [6.07, 6.45) is 10.8. The molecular formula is C26H45N4O2+. The number of amides is 2. The molecule has 6 nitrogen and oxygen atoms in total. The minimum Gasteiger partial charge on any atom is -0.355 e. The van der Waals surface area contributed by atoms with Crippen LogP contribution in [0.25, 0.3) is 0 Å². The highest BCUT2D eigenvalue weighted by atomic mass is 16.2. The maximum Gasteiger partial charge on any atom is 0.223 e. The number of nitrogens with one attached hydrogen (secondary N) is 1. The summed E-state index contributed by atoms with van der Waals surface area (Å²) >= 11 is 0. The summed E-state index contributed by atoms with van der Waals surface area (Å²) in [5.41, 5.74) is 1.34. The summed E-state index contributed by atoms with van der Waals surface area (Å²) in [6.45, 7) is 12.6. The van der Waals surface area contributed by atoms with Gasteiger partial charge in [-0.15, -0.1) is 0 Å². The number of nitrogens with two attached hydrogens (primary N) is 1. The van der Waals surface area contributed by atoms with E-state index in [0.29, 0.717) is 42.2 Å². The Labute approximate surface area is 194 Å². The van der Waals surface area contributed by atoms with E-state index in [2.05, 4.69) is 47.3 Å². The van der Waals surface area contributed by atoms with E-state index >= 15 is 0 Å². The molecule has 4 rings (SSSR count). The summed E-state index contributed by atoms with van der Waals surface area (Å²) in [5, 5.41) is 5.69. The molecule has 2 aliphatic carbocycles. The van der Waals surface area contributed by atoms with Crippen LogP contribution in [0.3, 0.4) is 0 Å². The van der Waals surface area contributed by atoms with E-state index in [1.54, 1.807) is 0 Å². The molecule has 0 aromatic heterocycles. The first-order valence-corrected chi connectivity index (χ1v) is 13.2. The maximum atomic E-state index is 13.2. The summed E-state index contributed by atoms with van der Waals surface area (Å²) in [5.74, 6) is 2.64. The summed E-state index contributed by atoms with van der Waals surface area (Å²) < 4.78 is 0. The van der Waals surface area contributed by atoms with Crippen molar-refractivity contribution in [2.75, 3.05) is 39.3 Å². The topological polar surface area (TPSA) is 69.3 Å². The van der Waals surface area contributed by atoms with Crippen molar-refractivity contribution < 1.29 is 14.9 Å². The Balaban J connectivity index is 1.28. The molecule has 0 aromatic rings. The Bertz CT molecular complexity index is 688. The molecule has 2 amide bonds. The Kier molecular flexibility index (Phi) is 7.93. The second kappa shape index (κ2) is 10.7. The molecule has 0 bridgehead atoms. The molecule has 2 saturated heterocycles. The van der Waals surface area contributed by atoms with E-state index in [4.69, 9.17) is 0 Å². The summed E-state index contributed by atoms with van der Waals surface area (Å²) in [7, 11) is 0. The van der Waals surface area contributed by atoms with Crippen LogP contribution < -0.4 is 10.6 Å². The lowest BCUT2D eigenvalue weighted by molar-refractivity contribution is -0.717. The SMILES string of the molecule is CC1=CC(CNC(=O)C2CC2)C(C(C)C)CC1CC(=O)N1CCN(C2CCCC[NH2+]2)CC1. The number of carbonyl (C=O) groups excluding carboxylic acids is 2. The van der Waals surface area contributed by atoms with Gasteiger partial charge in [-0.3, -0.25) is 14.5 Å². The standard InChI is InChI=1S/C26H44N4O2/c1-18(2)23-15-21(19(3)14-22(23)17-28-26(32)20-7-8-20)16-25(31)30-12-10-29(11-13-30)24-6-4-5-9-27-24/h14,18,20-24,27H,4-13,15-17H2,1-3H3,(H,28,32)/p+1. The van der Waals surface area contributed by atoms with Crippen molar-refractivity contribution in [1.82, 2.24) is 15.1 Å². The van der Waals surface area contributed by atoms with E-state index in [-0.39, 0.29) is 11.8 Å². The van der Waals surface area contributed by atoms with Crippen molar-refractivity contribution in [2.45, 2.75) is 71.9 Å². The van der Waals surface area contributed by atoms with Crippen molar-refractivity contribution in [2.24, 2.45) is 29.6 Å². The highest BCUT2D eigenvalue weighted by molar-refractivity contribution is 5.80. The zero-order chi connectivity index (χ0) is 22.7. The third kappa shape index (κ3) is 5.93. The predicted molar refractivity (Wildman–Crippen MR) is 127 cm³/mol. The second-order valence-electron chi connectivity index (χ2n) is 11.1. The van der Waals surface area contributed by atoms with E-state index in [1.807, 2.05) is 0 Å². The molecule has 0 aromatic carbocycles. The fraction of sp³-hybridized carbons (Fsp3) is 0.846. The molecule has 32 heavy (non-hydrogen) atoms. The van der Waals surface area contributed by atoms with E-state index < -0.39 is 0 Å². The van der Waals surface area contributed by atoms with Gasteiger partial charge in [0.05, 0.1) is 6.54 Å². The fourth-order valence-corrected chi connectivity index (χ4v) is 6.12. The number of quaternary nitrogens is 1. The molecule has 3 fully saturated rings. The third-order valence-electron chi connectivity index (χ3n) is 8.49. The second-order valence-corrected chi connectivity index (χ2v) is 11.1. The number of rotatable bonds is 7. The van der Waals surface area contributed by atoms with Crippen LogP contribution in [0.15, 0.2) is 11.6 Å². The highest BCUT2D eigenvalue weighted by Crippen LogP contribution is 2.39. The van der Waals surface area contributed by atoms with Gasteiger partial charge in [-0.2, -0.15) is 0 Å². The number of piperidine rings is 1. The number of nitrogens with zero attached hydrogens (tertiary/aromatic N) is 2. The summed E-state index contributed by atoms with van der Waals surface area (Å²) in [4.78, 5) is 30.0. The Hall–Kier alpha value is -1.40. The van der Waals surface area contributed by atoms with Crippen LogP contribution in [0.2, 0.25) is 0 Å². The van der Waals surface area contributed by atoms with Gasteiger partial charge >= 0.3 is 0 Å². The van der Waals surface area contributed by atoms with Crippen molar-refractivity contribution >= 4 is 11.8 Å². The van der Waals surface area contributed by atoms with Gasteiger partial charge in [0.15, 0.2) is 0 Å². The molecular weight excluding hydrogens is 400 g/mol. The molecule has 6 heteroatoms. The van der Waals surface area contributed by atoms with E-state index in [0.717, 1.165) is 52.0 Å². The average molecular weight is 446 g/mol. The molecule has 2 aliphatic heterocycles. The number of allylic oxidation sites excluding steroid dienone is 1. The van der Waals surface area contributed by atoms with E-state index in [1.165, 1.54) is 31.4 Å². The summed E-state index contributed by atoms with van der Waals surface area (Å²) in [6, 6.07) is 0. The zero-order valence-corrected chi connectivity index (χ0v) is 20.5. The van der Waals surface area contributed by atoms with Gasteiger partial charge in [-0.05, 0) is 62.7 Å². The zero-order valence-electron chi connectivity index (χ0n) is 20.5. The molecule has 3 N–H and O–H groups in total. The van der Waals surface area contributed by atoms with Crippen LogP contribution >= 0.6 is 0 Å². The van der Waals surface area contributed by atoms with Crippen LogP contribution in [0.5, 0.6) is 0 Å². The van der Waals surface area contributed by atoms with Crippen LogP contribution in [0.1, 0.15) is 65.7 Å². The minimum absolute atomic E-state index is 0.237. The van der Waals surface area contributed by atoms with Gasteiger partial charge in [0.25, 0.3) is 0 Å². The van der Waals surface area contributed by atoms with Gasteiger partial charge in [0.1, 0.15) is 6.17 Å². The first kappa shape index (κ1) is 23.7. The van der Waals surface area contributed by atoms with Crippen LogP contribution in [0.4, 0.5) is 0 Å². The average Bonchev–Trinajstić information content (AvgIpc) is 3.65.